The van der Waals surface area contributed by atoms with E-state index in [1.807, 2.05) is 0 Å². The van der Waals surface area contributed by atoms with Crippen molar-refractivity contribution in [2.45, 2.75) is 103 Å². The first kappa shape index (κ1) is 26.8. The summed E-state index contributed by atoms with van der Waals surface area (Å²) >= 11 is 0. The number of aliphatic hydroxyl groups excluding tert-OH is 2. The summed E-state index contributed by atoms with van der Waals surface area (Å²) in [7, 11) is 0. The van der Waals surface area contributed by atoms with Gasteiger partial charge in [-0.15, -0.1) is 0 Å². The van der Waals surface area contributed by atoms with Gasteiger partial charge in [0.15, 0.2) is 6.29 Å². The molecule has 0 spiro atoms. The maximum atomic E-state index is 10.6. The van der Waals surface area contributed by atoms with E-state index < -0.39 is 18.5 Å². The van der Waals surface area contributed by atoms with Gasteiger partial charge in [0.1, 0.15) is 12.2 Å². The molecular weight excluding hydrogens is 428 g/mol. The minimum atomic E-state index is -1.03. The molecule has 0 bridgehead atoms. The number of benzene rings is 2. The fourth-order valence-electron chi connectivity index (χ4n) is 4.60. The normalized spacial score (nSPS) is 22.4. The summed E-state index contributed by atoms with van der Waals surface area (Å²) in [5.74, 6) is 0. The fourth-order valence-corrected chi connectivity index (χ4v) is 4.60. The van der Waals surface area contributed by atoms with Gasteiger partial charge in [-0.3, -0.25) is 0 Å². The number of rotatable bonds is 13. The first-order valence-electron chi connectivity index (χ1n) is 13.0. The minimum Gasteiger partial charge on any atom is -0.394 e. The zero-order valence-electron chi connectivity index (χ0n) is 21.0. The topological polar surface area (TPSA) is 68.2 Å². The van der Waals surface area contributed by atoms with Gasteiger partial charge >= 0.3 is 0 Å². The summed E-state index contributed by atoms with van der Waals surface area (Å²) < 4.78 is 18.8. The zero-order valence-corrected chi connectivity index (χ0v) is 21.0. The summed E-state index contributed by atoms with van der Waals surface area (Å²) in [6, 6.07) is 16.8. The average molecular weight is 471 g/mol. The van der Waals surface area contributed by atoms with E-state index >= 15 is 0 Å². The van der Waals surface area contributed by atoms with E-state index in [2.05, 4.69) is 69.3 Å². The SMILES string of the molecule is CCCc1ccc(COC(C(O)CO)C2CC(CCC)OC(c3ccc(CCC)cc3)O2)cc1. The van der Waals surface area contributed by atoms with Crippen LogP contribution in [0.4, 0.5) is 0 Å². The number of aryl methyl sites for hydroxylation is 2. The molecule has 1 heterocycles. The van der Waals surface area contributed by atoms with Gasteiger partial charge in [0.2, 0.25) is 0 Å². The lowest BCUT2D eigenvalue weighted by Crippen LogP contribution is -2.48. The van der Waals surface area contributed by atoms with Crippen LogP contribution < -0.4 is 0 Å². The number of hydrogen-bond acceptors (Lipinski definition) is 5. The van der Waals surface area contributed by atoms with Crippen LogP contribution in [0.5, 0.6) is 0 Å². The van der Waals surface area contributed by atoms with Crippen LogP contribution in [0.2, 0.25) is 0 Å². The third-order valence-electron chi connectivity index (χ3n) is 6.45. The van der Waals surface area contributed by atoms with Crippen LogP contribution in [0.1, 0.15) is 81.4 Å². The van der Waals surface area contributed by atoms with Crippen LogP contribution in [0, 0.1) is 0 Å². The zero-order chi connectivity index (χ0) is 24.3. The van der Waals surface area contributed by atoms with Gasteiger partial charge in [0.25, 0.3) is 0 Å². The standard InChI is InChI=1S/C29H42O5/c1-4-7-21-10-12-23(13-11-21)20-32-28(26(31)19-30)27-18-25(9-6-3)33-29(34-27)24-16-14-22(8-5-2)15-17-24/h10-17,25-31H,4-9,18-20H2,1-3H3. The largest absolute Gasteiger partial charge is 0.394 e. The molecule has 34 heavy (non-hydrogen) atoms. The number of aliphatic hydroxyl groups is 2. The van der Waals surface area contributed by atoms with E-state index in [-0.39, 0.29) is 18.8 Å². The second-order valence-corrected chi connectivity index (χ2v) is 9.37. The maximum absolute atomic E-state index is 10.6. The van der Waals surface area contributed by atoms with Crippen molar-refractivity contribution in [1.82, 2.24) is 0 Å². The van der Waals surface area contributed by atoms with Gasteiger partial charge in [-0.25, -0.2) is 0 Å². The molecule has 5 heteroatoms. The highest BCUT2D eigenvalue weighted by Crippen LogP contribution is 2.34. The van der Waals surface area contributed by atoms with Crippen molar-refractivity contribution in [3.63, 3.8) is 0 Å². The second-order valence-electron chi connectivity index (χ2n) is 9.37. The van der Waals surface area contributed by atoms with Crippen molar-refractivity contribution in [2.24, 2.45) is 0 Å². The van der Waals surface area contributed by atoms with Crippen molar-refractivity contribution in [1.29, 1.82) is 0 Å². The van der Waals surface area contributed by atoms with Gasteiger partial charge in [0.05, 0.1) is 25.4 Å². The lowest BCUT2D eigenvalue weighted by atomic mass is 9.97. The first-order chi connectivity index (χ1) is 16.6. The lowest BCUT2D eigenvalue weighted by Gasteiger charge is -2.40. The molecule has 5 unspecified atom stereocenters. The van der Waals surface area contributed by atoms with Crippen LogP contribution >= 0.6 is 0 Å². The Morgan fingerprint density at radius 3 is 2.00 bits per heavy atom. The summed E-state index contributed by atoms with van der Waals surface area (Å²) in [6.07, 6.45) is 4.28. The van der Waals surface area contributed by atoms with E-state index in [1.54, 1.807) is 0 Å². The van der Waals surface area contributed by atoms with E-state index in [0.717, 1.165) is 49.7 Å². The van der Waals surface area contributed by atoms with Gasteiger partial charge in [-0.1, -0.05) is 88.6 Å². The molecule has 1 aliphatic rings. The Morgan fingerprint density at radius 1 is 0.853 bits per heavy atom. The fraction of sp³-hybridized carbons (Fsp3) is 0.586. The molecule has 188 valence electrons. The van der Waals surface area contributed by atoms with Crippen molar-refractivity contribution >= 4 is 0 Å². The molecule has 2 aromatic carbocycles. The Kier molecular flexibility index (Phi) is 11.0. The Hall–Kier alpha value is -1.76. The molecule has 0 radical (unpaired) electrons. The van der Waals surface area contributed by atoms with Crippen molar-refractivity contribution in [3.8, 4) is 0 Å². The van der Waals surface area contributed by atoms with E-state index in [9.17, 15) is 10.2 Å². The molecule has 0 aliphatic carbocycles. The molecule has 0 amide bonds. The molecule has 3 rings (SSSR count). The molecule has 2 aromatic rings. The second kappa shape index (κ2) is 14.0. The highest BCUT2D eigenvalue weighted by atomic mass is 16.7. The smallest absolute Gasteiger partial charge is 0.184 e. The van der Waals surface area contributed by atoms with Gasteiger partial charge < -0.3 is 24.4 Å². The summed E-state index contributed by atoms with van der Waals surface area (Å²) in [6.45, 7) is 6.46. The molecule has 0 aromatic heterocycles. The third kappa shape index (κ3) is 7.62. The van der Waals surface area contributed by atoms with Gasteiger partial charge in [-0.2, -0.15) is 0 Å². The van der Waals surface area contributed by atoms with Crippen LogP contribution in [-0.2, 0) is 33.7 Å². The van der Waals surface area contributed by atoms with Crippen molar-refractivity contribution in [2.75, 3.05) is 6.61 Å². The molecular formula is C29H42O5. The molecule has 1 aliphatic heterocycles. The Labute approximate surface area is 205 Å². The van der Waals surface area contributed by atoms with Crippen molar-refractivity contribution < 1.29 is 24.4 Å². The van der Waals surface area contributed by atoms with Crippen LogP contribution in [-0.4, -0.2) is 41.2 Å². The van der Waals surface area contributed by atoms with Crippen LogP contribution in [0.25, 0.3) is 0 Å². The van der Waals surface area contributed by atoms with Crippen LogP contribution in [0.15, 0.2) is 48.5 Å². The monoisotopic (exact) mass is 470 g/mol. The summed E-state index contributed by atoms with van der Waals surface area (Å²) in [4.78, 5) is 0. The highest BCUT2D eigenvalue weighted by molar-refractivity contribution is 5.24. The van der Waals surface area contributed by atoms with E-state index in [4.69, 9.17) is 14.2 Å². The molecule has 5 nitrogen and oxygen atoms in total. The van der Waals surface area contributed by atoms with Gasteiger partial charge in [-0.05, 0) is 36.0 Å². The van der Waals surface area contributed by atoms with E-state index in [0.29, 0.717) is 13.0 Å². The first-order valence-corrected chi connectivity index (χ1v) is 13.0. The Balaban J connectivity index is 1.73. The van der Waals surface area contributed by atoms with E-state index in [1.165, 1.54) is 11.1 Å². The number of hydrogen-bond donors (Lipinski definition) is 2. The number of ether oxygens (including phenoxy) is 3. The lowest BCUT2D eigenvalue weighted by molar-refractivity contribution is -0.280. The van der Waals surface area contributed by atoms with Gasteiger partial charge in [0, 0.05) is 12.0 Å². The summed E-state index contributed by atoms with van der Waals surface area (Å²) in [5.41, 5.74) is 4.61. The average Bonchev–Trinajstić information content (AvgIpc) is 2.86. The third-order valence-corrected chi connectivity index (χ3v) is 6.45. The quantitative estimate of drug-likeness (QED) is 0.404. The molecule has 5 atom stereocenters. The maximum Gasteiger partial charge on any atom is 0.184 e. The molecule has 0 saturated carbocycles. The predicted molar refractivity (Wildman–Crippen MR) is 135 cm³/mol. The summed E-state index contributed by atoms with van der Waals surface area (Å²) in [5, 5.41) is 20.4. The Bertz CT molecular complexity index is 819. The van der Waals surface area contributed by atoms with Crippen LogP contribution in [0.3, 0.4) is 0 Å². The minimum absolute atomic E-state index is 0.00869. The highest BCUT2D eigenvalue weighted by Gasteiger charge is 2.38. The molecule has 1 saturated heterocycles. The van der Waals surface area contributed by atoms with Crippen molar-refractivity contribution in [3.05, 3.63) is 70.8 Å². The predicted octanol–water partition coefficient (Wildman–Crippen LogP) is 5.50. The molecule has 2 N–H and O–H groups in total. The Morgan fingerprint density at radius 2 is 1.44 bits per heavy atom. The molecule has 1 fully saturated rings.